The van der Waals surface area contributed by atoms with E-state index in [1.165, 1.54) is 6.07 Å². The summed E-state index contributed by atoms with van der Waals surface area (Å²) in [6.07, 6.45) is 0.232. The highest BCUT2D eigenvalue weighted by Gasteiger charge is 2.30. The second kappa shape index (κ2) is 4.41. The molecule has 21 heavy (non-hydrogen) atoms. The predicted octanol–water partition coefficient (Wildman–Crippen LogP) is 2.56. The number of hydrogen-bond acceptors (Lipinski definition) is 5. The predicted molar refractivity (Wildman–Crippen MR) is 72.8 cm³/mol. The van der Waals surface area contributed by atoms with E-state index in [4.69, 9.17) is 14.2 Å². The molecule has 2 aliphatic rings. The number of carbonyl (C=O) groups excluding carboxylic acids is 1. The number of esters is 1. The summed E-state index contributed by atoms with van der Waals surface area (Å²) in [5.74, 6) is 1.57. The molecule has 2 aliphatic heterocycles. The Morgan fingerprint density at radius 1 is 1.00 bits per heavy atom. The molecule has 106 valence electrons. The zero-order valence-corrected chi connectivity index (χ0v) is 11.0. The lowest BCUT2D eigenvalue weighted by Gasteiger charge is -2.25. The molecule has 5 nitrogen and oxygen atoms in total. The average Bonchev–Trinajstić information content (AvgIpc) is 2.94. The highest BCUT2D eigenvalue weighted by Crippen LogP contribution is 2.43. The van der Waals surface area contributed by atoms with E-state index in [0.29, 0.717) is 17.2 Å². The summed E-state index contributed by atoms with van der Waals surface area (Å²) in [4.78, 5) is 11.8. The summed E-state index contributed by atoms with van der Waals surface area (Å²) in [5.41, 5.74) is 1.73. The van der Waals surface area contributed by atoms with E-state index < -0.39 is 0 Å². The Balaban J connectivity index is 1.82. The van der Waals surface area contributed by atoms with Gasteiger partial charge in [0, 0.05) is 11.5 Å². The Kier molecular flexibility index (Phi) is 2.54. The summed E-state index contributed by atoms with van der Waals surface area (Å²) < 4.78 is 15.9. The minimum atomic E-state index is -0.282. The second-order valence-electron chi connectivity index (χ2n) is 5.07. The molecule has 1 N–H and O–H groups in total. The number of phenolic OH excluding ortho intramolecular Hbond substituents is 1. The van der Waals surface area contributed by atoms with Crippen molar-refractivity contribution in [1.82, 2.24) is 0 Å². The number of carbonyl (C=O) groups is 1. The van der Waals surface area contributed by atoms with Crippen molar-refractivity contribution in [2.75, 3.05) is 6.79 Å². The van der Waals surface area contributed by atoms with Crippen LogP contribution in [-0.4, -0.2) is 17.9 Å². The molecule has 2 heterocycles. The first-order valence-corrected chi connectivity index (χ1v) is 6.64. The van der Waals surface area contributed by atoms with Gasteiger partial charge < -0.3 is 19.3 Å². The summed E-state index contributed by atoms with van der Waals surface area (Å²) in [5, 5.41) is 9.69. The van der Waals surface area contributed by atoms with Gasteiger partial charge in [-0.3, -0.25) is 4.79 Å². The molecule has 5 heteroatoms. The minimum absolute atomic E-state index is 0.150. The van der Waals surface area contributed by atoms with Gasteiger partial charge in [0.1, 0.15) is 11.5 Å². The Morgan fingerprint density at radius 2 is 1.81 bits per heavy atom. The van der Waals surface area contributed by atoms with Gasteiger partial charge in [-0.25, -0.2) is 0 Å². The van der Waals surface area contributed by atoms with Crippen molar-refractivity contribution < 1.29 is 24.1 Å². The van der Waals surface area contributed by atoms with Crippen molar-refractivity contribution in [3.05, 3.63) is 47.5 Å². The SMILES string of the molecule is O=C1CC(c2ccc3c(c2)OCO3)c2cc(O)ccc2O1. The Morgan fingerprint density at radius 3 is 2.71 bits per heavy atom. The van der Waals surface area contributed by atoms with E-state index in [1.54, 1.807) is 12.1 Å². The highest BCUT2D eigenvalue weighted by molar-refractivity contribution is 5.78. The molecular formula is C16H12O5. The smallest absolute Gasteiger partial charge is 0.312 e. The topological polar surface area (TPSA) is 65.0 Å². The lowest BCUT2D eigenvalue weighted by molar-refractivity contribution is -0.135. The van der Waals surface area contributed by atoms with E-state index in [2.05, 4.69) is 0 Å². The molecule has 0 bridgehead atoms. The van der Waals surface area contributed by atoms with Gasteiger partial charge in [-0.15, -0.1) is 0 Å². The van der Waals surface area contributed by atoms with Crippen LogP contribution >= 0.6 is 0 Å². The first kappa shape index (κ1) is 12.1. The molecule has 0 radical (unpaired) electrons. The van der Waals surface area contributed by atoms with Crippen LogP contribution in [0.3, 0.4) is 0 Å². The van der Waals surface area contributed by atoms with Crippen LogP contribution in [0.1, 0.15) is 23.5 Å². The molecule has 1 atom stereocenters. The molecule has 0 fully saturated rings. The normalized spacial score (nSPS) is 19.0. The Bertz CT molecular complexity index is 737. The zero-order chi connectivity index (χ0) is 14.4. The molecule has 4 rings (SSSR count). The monoisotopic (exact) mass is 284 g/mol. The number of fused-ring (bicyclic) bond motifs is 2. The summed E-state index contributed by atoms with van der Waals surface area (Å²) in [6.45, 7) is 0.211. The summed E-state index contributed by atoms with van der Waals surface area (Å²) in [7, 11) is 0. The van der Waals surface area contributed by atoms with Crippen molar-refractivity contribution in [2.24, 2.45) is 0 Å². The van der Waals surface area contributed by atoms with Gasteiger partial charge in [-0.05, 0) is 35.9 Å². The average molecular weight is 284 g/mol. The maximum atomic E-state index is 11.8. The number of benzene rings is 2. The van der Waals surface area contributed by atoms with Crippen LogP contribution < -0.4 is 14.2 Å². The van der Waals surface area contributed by atoms with Gasteiger partial charge in [-0.1, -0.05) is 6.07 Å². The molecule has 1 unspecified atom stereocenters. The third-order valence-electron chi connectivity index (χ3n) is 3.76. The lowest BCUT2D eigenvalue weighted by atomic mass is 9.86. The number of hydrogen-bond donors (Lipinski definition) is 1. The van der Waals surface area contributed by atoms with Gasteiger partial charge in [0.05, 0.1) is 6.42 Å². The highest BCUT2D eigenvalue weighted by atomic mass is 16.7. The maximum absolute atomic E-state index is 11.8. The molecule has 0 saturated carbocycles. The lowest BCUT2D eigenvalue weighted by Crippen LogP contribution is -2.20. The van der Waals surface area contributed by atoms with E-state index in [0.717, 1.165) is 11.1 Å². The number of aromatic hydroxyl groups is 1. The van der Waals surface area contributed by atoms with Crippen LogP contribution in [0, 0.1) is 0 Å². The van der Waals surface area contributed by atoms with E-state index >= 15 is 0 Å². The molecule has 0 saturated heterocycles. The molecular weight excluding hydrogens is 272 g/mol. The van der Waals surface area contributed by atoms with Crippen LogP contribution in [0.4, 0.5) is 0 Å². The fraction of sp³-hybridized carbons (Fsp3) is 0.188. The van der Waals surface area contributed by atoms with Crippen LogP contribution in [-0.2, 0) is 4.79 Å². The molecule has 0 aromatic heterocycles. The van der Waals surface area contributed by atoms with Crippen molar-refractivity contribution in [2.45, 2.75) is 12.3 Å². The first-order valence-electron chi connectivity index (χ1n) is 6.64. The Labute approximate surface area is 120 Å². The van der Waals surface area contributed by atoms with Crippen molar-refractivity contribution in [1.29, 1.82) is 0 Å². The fourth-order valence-corrected chi connectivity index (χ4v) is 2.77. The quantitative estimate of drug-likeness (QED) is 0.644. The van der Waals surface area contributed by atoms with E-state index in [9.17, 15) is 9.90 Å². The van der Waals surface area contributed by atoms with Gasteiger partial charge in [0.25, 0.3) is 0 Å². The second-order valence-corrected chi connectivity index (χ2v) is 5.07. The maximum Gasteiger partial charge on any atom is 0.312 e. The third-order valence-corrected chi connectivity index (χ3v) is 3.76. The molecule has 2 aromatic rings. The molecule has 2 aromatic carbocycles. The van der Waals surface area contributed by atoms with Gasteiger partial charge >= 0.3 is 5.97 Å². The minimum Gasteiger partial charge on any atom is -0.508 e. The zero-order valence-electron chi connectivity index (χ0n) is 11.0. The molecule has 0 aliphatic carbocycles. The van der Waals surface area contributed by atoms with Crippen molar-refractivity contribution in [3.8, 4) is 23.0 Å². The van der Waals surface area contributed by atoms with E-state index in [-0.39, 0.29) is 30.9 Å². The van der Waals surface area contributed by atoms with Gasteiger partial charge in [0.2, 0.25) is 6.79 Å². The van der Waals surface area contributed by atoms with Crippen LogP contribution in [0.15, 0.2) is 36.4 Å². The summed E-state index contributed by atoms with van der Waals surface area (Å²) >= 11 is 0. The third kappa shape index (κ3) is 1.98. The van der Waals surface area contributed by atoms with Crippen LogP contribution in [0.5, 0.6) is 23.0 Å². The number of phenols is 1. The summed E-state index contributed by atoms with van der Waals surface area (Å²) in [6, 6.07) is 10.4. The van der Waals surface area contributed by atoms with Crippen LogP contribution in [0.25, 0.3) is 0 Å². The van der Waals surface area contributed by atoms with Gasteiger partial charge in [0.15, 0.2) is 11.5 Å². The van der Waals surface area contributed by atoms with Crippen LogP contribution in [0.2, 0.25) is 0 Å². The Hall–Kier alpha value is -2.69. The van der Waals surface area contributed by atoms with Crippen molar-refractivity contribution >= 4 is 5.97 Å². The standard InChI is InChI=1S/C16H12O5/c17-10-2-4-13-12(6-10)11(7-16(18)21-13)9-1-3-14-15(5-9)20-8-19-14/h1-6,11,17H,7-8H2. The fourth-order valence-electron chi connectivity index (χ4n) is 2.77. The largest absolute Gasteiger partial charge is 0.508 e. The number of rotatable bonds is 1. The van der Waals surface area contributed by atoms with E-state index in [1.807, 2.05) is 18.2 Å². The first-order chi connectivity index (χ1) is 10.2. The number of ether oxygens (including phenoxy) is 3. The van der Waals surface area contributed by atoms with Crippen molar-refractivity contribution in [3.63, 3.8) is 0 Å². The van der Waals surface area contributed by atoms with Gasteiger partial charge in [-0.2, -0.15) is 0 Å². The molecule has 0 amide bonds. The molecule has 0 spiro atoms.